The Morgan fingerprint density at radius 2 is 1.75 bits per heavy atom. The number of fused-ring (bicyclic) bond motifs is 1. The molecule has 0 spiro atoms. The minimum atomic E-state index is -4.42. The van der Waals surface area contributed by atoms with Gasteiger partial charge in [-0.1, -0.05) is 19.1 Å². The number of aliphatic hydroxyl groups is 1. The highest BCUT2D eigenvalue weighted by Crippen LogP contribution is 2.31. The Balaban J connectivity index is 1.60. The van der Waals surface area contributed by atoms with Crippen molar-refractivity contribution in [2.24, 2.45) is 5.92 Å². The van der Waals surface area contributed by atoms with Gasteiger partial charge in [0.1, 0.15) is 17.7 Å². The van der Waals surface area contributed by atoms with E-state index >= 15 is 0 Å². The van der Waals surface area contributed by atoms with Crippen LogP contribution in [0.5, 0.6) is 5.75 Å². The van der Waals surface area contributed by atoms with Crippen LogP contribution in [-0.4, -0.2) is 68.1 Å². The molecule has 0 unspecified atom stereocenters. The number of ether oxygens (including phenoxy) is 1. The summed E-state index contributed by atoms with van der Waals surface area (Å²) in [7, 11) is -2.24. The summed E-state index contributed by atoms with van der Waals surface area (Å²) in [6, 6.07) is 13.4. The summed E-state index contributed by atoms with van der Waals surface area (Å²) in [4.78, 5) is 16.8. The van der Waals surface area contributed by atoms with Crippen LogP contribution in [0.3, 0.4) is 0 Å². The SMILES string of the molecule is C[C@@H]1CN([C@H](C)CO)C(=O)Cc2cc(NS(=O)(=O)c3ccc(F)cc3)ccc2O[C@H]1CN(C)Cc1ccc(C(F)(F)F)cc1. The van der Waals surface area contributed by atoms with E-state index < -0.39 is 39.7 Å². The first-order valence-corrected chi connectivity index (χ1v) is 15.5. The van der Waals surface area contributed by atoms with Crippen LogP contribution in [0.4, 0.5) is 23.2 Å². The highest BCUT2D eigenvalue weighted by molar-refractivity contribution is 7.92. The molecule has 0 saturated heterocycles. The molecule has 0 aliphatic carbocycles. The third kappa shape index (κ3) is 8.27. The molecule has 44 heavy (non-hydrogen) atoms. The van der Waals surface area contributed by atoms with Gasteiger partial charge in [-0.3, -0.25) is 14.4 Å². The summed E-state index contributed by atoms with van der Waals surface area (Å²) >= 11 is 0. The number of carbonyl (C=O) groups excluding carboxylic acids is 1. The summed E-state index contributed by atoms with van der Waals surface area (Å²) < 4.78 is 87.0. The van der Waals surface area contributed by atoms with E-state index in [1.165, 1.54) is 24.3 Å². The number of anilines is 1. The highest BCUT2D eigenvalue weighted by Gasteiger charge is 2.32. The number of alkyl halides is 3. The molecule has 0 radical (unpaired) electrons. The van der Waals surface area contributed by atoms with Gasteiger partial charge in [-0.2, -0.15) is 13.2 Å². The van der Waals surface area contributed by atoms with Crippen LogP contribution in [0.1, 0.15) is 30.5 Å². The monoisotopic (exact) mass is 637 g/mol. The molecule has 3 atom stereocenters. The van der Waals surface area contributed by atoms with Crippen molar-refractivity contribution >= 4 is 21.6 Å². The summed E-state index contributed by atoms with van der Waals surface area (Å²) in [5.41, 5.74) is 0.555. The quantitative estimate of drug-likeness (QED) is 0.323. The van der Waals surface area contributed by atoms with Crippen molar-refractivity contribution in [2.45, 2.75) is 50.0 Å². The second-order valence-electron chi connectivity index (χ2n) is 11.2. The number of benzene rings is 3. The van der Waals surface area contributed by atoms with E-state index in [0.29, 0.717) is 30.0 Å². The van der Waals surface area contributed by atoms with Gasteiger partial charge in [-0.25, -0.2) is 12.8 Å². The smallest absolute Gasteiger partial charge is 0.416 e. The Bertz CT molecular complexity index is 1550. The standard InChI is InChI=1S/C31H35F4N3O5S/c1-20-16-38(21(2)19-39)30(40)15-23-14-26(36-44(41,42)27-11-8-25(32)9-12-27)10-13-28(23)43-29(20)18-37(3)17-22-4-6-24(7-5-22)31(33,34)35/h4-14,20-21,29,36,39H,15-19H2,1-3H3/t20-,21-,29+/m1/s1. The lowest BCUT2D eigenvalue weighted by molar-refractivity contribution is -0.137. The van der Waals surface area contributed by atoms with Gasteiger partial charge in [0.25, 0.3) is 10.0 Å². The topological polar surface area (TPSA) is 99.2 Å². The number of nitrogens with one attached hydrogen (secondary N) is 1. The molecular weight excluding hydrogens is 602 g/mol. The van der Waals surface area contributed by atoms with Crippen LogP contribution in [-0.2, 0) is 34.0 Å². The lowest BCUT2D eigenvalue weighted by atomic mass is 10.0. The number of sulfonamides is 1. The lowest BCUT2D eigenvalue weighted by Gasteiger charge is -2.34. The zero-order valence-electron chi connectivity index (χ0n) is 24.5. The largest absolute Gasteiger partial charge is 0.488 e. The molecule has 3 aromatic carbocycles. The minimum absolute atomic E-state index is 0.118. The van der Waals surface area contributed by atoms with Crippen molar-refractivity contribution in [1.29, 1.82) is 0 Å². The van der Waals surface area contributed by atoms with Gasteiger partial charge < -0.3 is 14.7 Å². The predicted octanol–water partition coefficient (Wildman–Crippen LogP) is 4.93. The van der Waals surface area contributed by atoms with Crippen LogP contribution in [0.25, 0.3) is 0 Å². The normalized spacial score (nSPS) is 18.6. The molecule has 1 aliphatic rings. The molecule has 1 amide bonds. The summed E-state index contributed by atoms with van der Waals surface area (Å²) in [6.07, 6.45) is -5.02. The third-order valence-corrected chi connectivity index (χ3v) is 8.92. The van der Waals surface area contributed by atoms with Crippen molar-refractivity contribution in [2.75, 3.05) is 31.5 Å². The van der Waals surface area contributed by atoms with Crippen molar-refractivity contribution in [1.82, 2.24) is 9.80 Å². The van der Waals surface area contributed by atoms with E-state index in [1.54, 1.807) is 17.9 Å². The van der Waals surface area contributed by atoms with Crippen LogP contribution in [0, 0.1) is 11.7 Å². The van der Waals surface area contributed by atoms with E-state index in [-0.39, 0.29) is 42.0 Å². The maximum absolute atomic E-state index is 13.4. The summed E-state index contributed by atoms with van der Waals surface area (Å²) in [6.45, 7) is 4.35. The molecule has 0 fully saturated rings. The van der Waals surface area contributed by atoms with Crippen LogP contribution >= 0.6 is 0 Å². The first-order valence-electron chi connectivity index (χ1n) is 14.0. The second kappa shape index (κ2) is 13.5. The Morgan fingerprint density at radius 3 is 2.36 bits per heavy atom. The molecule has 8 nitrogen and oxygen atoms in total. The number of nitrogens with zero attached hydrogens (tertiary/aromatic N) is 2. The fraction of sp³-hybridized carbons (Fsp3) is 0.387. The van der Waals surface area contributed by atoms with Crippen molar-refractivity contribution < 1.29 is 40.6 Å². The maximum atomic E-state index is 13.4. The number of halogens is 4. The van der Waals surface area contributed by atoms with Gasteiger partial charge in [0.2, 0.25) is 5.91 Å². The van der Waals surface area contributed by atoms with Crippen LogP contribution in [0.2, 0.25) is 0 Å². The van der Waals surface area contributed by atoms with Gasteiger partial charge in [-0.05, 0) is 74.1 Å². The maximum Gasteiger partial charge on any atom is 0.416 e. The summed E-state index contributed by atoms with van der Waals surface area (Å²) in [5, 5.41) is 9.86. The molecule has 0 aromatic heterocycles. The number of carbonyl (C=O) groups is 1. The predicted molar refractivity (Wildman–Crippen MR) is 157 cm³/mol. The molecule has 2 N–H and O–H groups in total. The molecule has 1 heterocycles. The summed E-state index contributed by atoms with van der Waals surface area (Å²) in [5.74, 6) is -0.695. The molecule has 3 aromatic rings. The first kappa shape index (κ1) is 33.2. The van der Waals surface area contributed by atoms with E-state index in [9.17, 15) is 35.9 Å². The van der Waals surface area contributed by atoms with Crippen molar-refractivity contribution in [3.8, 4) is 5.75 Å². The Hall–Kier alpha value is -3.68. The zero-order chi connectivity index (χ0) is 32.2. The lowest BCUT2D eigenvalue weighted by Crippen LogP contribution is -2.47. The average molecular weight is 638 g/mol. The number of hydrogen-bond donors (Lipinski definition) is 2. The molecule has 238 valence electrons. The van der Waals surface area contributed by atoms with E-state index in [1.807, 2.05) is 18.9 Å². The Morgan fingerprint density at radius 1 is 1.09 bits per heavy atom. The molecular formula is C31H35F4N3O5S. The van der Waals surface area contributed by atoms with Crippen LogP contribution in [0.15, 0.2) is 71.6 Å². The number of likely N-dealkylation sites (N-methyl/N-ethyl adjacent to an activating group) is 1. The third-order valence-electron chi connectivity index (χ3n) is 7.52. The molecule has 4 rings (SSSR count). The number of aliphatic hydroxyl groups excluding tert-OH is 1. The van der Waals surface area contributed by atoms with E-state index in [2.05, 4.69) is 4.72 Å². The van der Waals surface area contributed by atoms with Gasteiger partial charge in [0.15, 0.2) is 0 Å². The fourth-order valence-electron chi connectivity index (χ4n) is 5.02. The second-order valence-corrected chi connectivity index (χ2v) is 12.8. The van der Waals surface area contributed by atoms with E-state index in [4.69, 9.17) is 4.74 Å². The van der Waals surface area contributed by atoms with E-state index in [0.717, 1.165) is 36.4 Å². The Labute approximate surface area is 254 Å². The van der Waals surface area contributed by atoms with Gasteiger partial charge in [0, 0.05) is 36.8 Å². The number of hydrogen-bond acceptors (Lipinski definition) is 6. The molecule has 0 bridgehead atoms. The highest BCUT2D eigenvalue weighted by atomic mass is 32.2. The zero-order valence-corrected chi connectivity index (χ0v) is 25.3. The molecule has 13 heteroatoms. The minimum Gasteiger partial charge on any atom is -0.488 e. The number of rotatable bonds is 9. The molecule has 1 aliphatic heterocycles. The van der Waals surface area contributed by atoms with Crippen LogP contribution < -0.4 is 9.46 Å². The Kier molecular flexibility index (Phi) is 10.2. The fourth-order valence-corrected chi connectivity index (χ4v) is 6.07. The molecule has 0 saturated carbocycles. The van der Waals surface area contributed by atoms with Gasteiger partial charge in [-0.15, -0.1) is 0 Å². The number of amides is 1. The van der Waals surface area contributed by atoms with Gasteiger partial charge in [0.05, 0.1) is 29.5 Å². The first-order chi connectivity index (χ1) is 20.7. The van der Waals surface area contributed by atoms with Crippen molar-refractivity contribution in [3.63, 3.8) is 0 Å². The van der Waals surface area contributed by atoms with Gasteiger partial charge >= 0.3 is 6.18 Å². The van der Waals surface area contributed by atoms with Crippen molar-refractivity contribution in [3.05, 3.63) is 89.2 Å². The average Bonchev–Trinajstić information content (AvgIpc) is 3.00.